The van der Waals surface area contributed by atoms with E-state index in [0.717, 1.165) is 36.2 Å². The van der Waals surface area contributed by atoms with Gasteiger partial charge in [0.25, 0.3) is 0 Å². The van der Waals surface area contributed by atoms with Gasteiger partial charge < -0.3 is 9.64 Å². The van der Waals surface area contributed by atoms with Crippen molar-refractivity contribution in [2.24, 2.45) is 0 Å². The Labute approximate surface area is 119 Å². The Morgan fingerprint density at radius 3 is 2.60 bits per heavy atom. The number of aryl methyl sites for hydroxylation is 2. The smallest absolute Gasteiger partial charge is 0.176 e. The van der Waals surface area contributed by atoms with Crippen molar-refractivity contribution < 1.29 is 4.74 Å². The number of hydrogen-bond donors (Lipinski definition) is 0. The van der Waals surface area contributed by atoms with Gasteiger partial charge >= 0.3 is 0 Å². The van der Waals surface area contributed by atoms with Crippen molar-refractivity contribution in [1.82, 2.24) is 20.0 Å². The van der Waals surface area contributed by atoms with Gasteiger partial charge in [-0.1, -0.05) is 0 Å². The van der Waals surface area contributed by atoms with Crippen molar-refractivity contribution in [3.05, 3.63) is 29.6 Å². The number of nitrogens with zero attached hydrogens (tertiary/aromatic N) is 5. The quantitative estimate of drug-likeness (QED) is 0.752. The summed E-state index contributed by atoms with van der Waals surface area (Å²) in [4.78, 5) is 2.02. The van der Waals surface area contributed by atoms with Crippen molar-refractivity contribution in [1.29, 1.82) is 0 Å². The molecule has 0 aliphatic rings. The maximum absolute atomic E-state index is 5.33. The van der Waals surface area contributed by atoms with Crippen LogP contribution in [0.2, 0.25) is 0 Å². The minimum Gasteiger partial charge on any atom is -0.380 e. The van der Waals surface area contributed by atoms with Crippen LogP contribution in [0.3, 0.4) is 0 Å². The summed E-state index contributed by atoms with van der Waals surface area (Å²) in [5, 5.41) is 12.9. The van der Waals surface area contributed by atoms with E-state index < -0.39 is 0 Å². The standard InChI is InChI=1S/C14H21N5O/c1-5-20-9-8-18(4)13-6-7-14(16-15-13)19-12(3)10-11(2)17-19/h6-7,10H,5,8-9H2,1-4H3. The highest BCUT2D eigenvalue weighted by atomic mass is 16.5. The molecular formula is C14H21N5O. The molecule has 108 valence electrons. The Balaban J connectivity index is 2.08. The summed E-state index contributed by atoms with van der Waals surface area (Å²) in [6, 6.07) is 5.90. The molecule has 0 aliphatic heterocycles. The van der Waals surface area contributed by atoms with Crippen LogP contribution in [0.1, 0.15) is 18.3 Å². The van der Waals surface area contributed by atoms with Crippen molar-refractivity contribution >= 4 is 5.82 Å². The van der Waals surface area contributed by atoms with Gasteiger partial charge in [0, 0.05) is 25.9 Å². The predicted octanol–water partition coefficient (Wildman–Crippen LogP) is 1.75. The Morgan fingerprint density at radius 2 is 2.05 bits per heavy atom. The number of ether oxygens (including phenoxy) is 1. The monoisotopic (exact) mass is 275 g/mol. The van der Waals surface area contributed by atoms with Crippen molar-refractivity contribution in [2.45, 2.75) is 20.8 Å². The summed E-state index contributed by atoms with van der Waals surface area (Å²) in [6.07, 6.45) is 0. The second-order valence-corrected chi connectivity index (χ2v) is 4.71. The zero-order valence-electron chi connectivity index (χ0n) is 12.5. The number of likely N-dealkylation sites (N-methyl/N-ethyl adjacent to an activating group) is 1. The summed E-state index contributed by atoms with van der Waals surface area (Å²) in [7, 11) is 1.98. The Hall–Kier alpha value is -1.95. The van der Waals surface area contributed by atoms with E-state index in [1.165, 1.54) is 0 Å². The zero-order chi connectivity index (χ0) is 14.5. The molecule has 0 saturated carbocycles. The molecule has 0 saturated heterocycles. The van der Waals surface area contributed by atoms with Gasteiger partial charge in [-0.2, -0.15) is 5.10 Å². The lowest BCUT2D eigenvalue weighted by Crippen LogP contribution is -2.24. The van der Waals surface area contributed by atoms with E-state index in [0.29, 0.717) is 6.61 Å². The molecule has 0 amide bonds. The van der Waals surface area contributed by atoms with E-state index in [1.54, 1.807) is 4.68 Å². The second kappa shape index (κ2) is 6.47. The lowest BCUT2D eigenvalue weighted by atomic mass is 10.4. The van der Waals surface area contributed by atoms with Crippen molar-refractivity contribution in [3.63, 3.8) is 0 Å². The summed E-state index contributed by atoms with van der Waals surface area (Å²) in [5.41, 5.74) is 2.02. The summed E-state index contributed by atoms with van der Waals surface area (Å²) in [5.74, 6) is 1.56. The number of hydrogen-bond acceptors (Lipinski definition) is 5. The molecule has 6 heteroatoms. The Bertz CT molecular complexity index is 549. The molecule has 0 atom stereocenters. The van der Waals surface area contributed by atoms with E-state index >= 15 is 0 Å². The van der Waals surface area contributed by atoms with Crippen LogP contribution in [-0.2, 0) is 4.74 Å². The van der Waals surface area contributed by atoms with Crippen LogP contribution < -0.4 is 4.90 Å². The molecule has 0 unspecified atom stereocenters. The van der Waals surface area contributed by atoms with E-state index in [1.807, 2.05) is 50.9 Å². The third kappa shape index (κ3) is 3.33. The average Bonchev–Trinajstić information content (AvgIpc) is 2.78. The van der Waals surface area contributed by atoms with Crippen LogP contribution in [0, 0.1) is 13.8 Å². The second-order valence-electron chi connectivity index (χ2n) is 4.71. The minimum absolute atomic E-state index is 0.688. The molecule has 0 aromatic carbocycles. The molecule has 2 heterocycles. The van der Waals surface area contributed by atoms with Crippen LogP contribution in [0.25, 0.3) is 5.82 Å². The first-order chi connectivity index (χ1) is 9.61. The molecule has 0 aliphatic carbocycles. The van der Waals surface area contributed by atoms with E-state index in [4.69, 9.17) is 4.74 Å². The highest BCUT2D eigenvalue weighted by molar-refractivity contribution is 5.39. The summed E-state index contributed by atoms with van der Waals surface area (Å²) < 4.78 is 7.13. The topological polar surface area (TPSA) is 56.1 Å². The summed E-state index contributed by atoms with van der Waals surface area (Å²) in [6.45, 7) is 8.17. The lowest BCUT2D eigenvalue weighted by Gasteiger charge is -2.17. The zero-order valence-corrected chi connectivity index (χ0v) is 12.5. The van der Waals surface area contributed by atoms with Gasteiger partial charge in [0.15, 0.2) is 11.6 Å². The first-order valence-electron chi connectivity index (χ1n) is 6.78. The maximum Gasteiger partial charge on any atom is 0.176 e. The van der Waals surface area contributed by atoms with Gasteiger partial charge in [-0.05, 0) is 39.0 Å². The van der Waals surface area contributed by atoms with Crippen LogP contribution in [0.5, 0.6) is 0 Å². The molecule has 0 radical (unpaired) electrons. The molecule has 2 aromatic rings. The molecule has 20 heavy (non-hydrogen) atoms. The predicted molar refractivity (Wildman–Crippen MR) is 78.4 cm³/mol. The highest BCUT2D eigenvalue weighted by Gasteiger charge is 2.07. The van der Waals surface area contributed by atoms with Crippen LogP contribution in [-0.4, -0.2) is 46.8 Å². The molecule has 6 nitrogen and oxygen atoms in total. The van der Waals surface area contributed by atoms with E-state index in [-0.39, 0.29) is 0 Å². The molecule has 2 rings (SSSR count). The van der Waals surface area contributed by atoms with E-state index in [2.05, 4.69) is 15.3 Å². The van der Waals surface area contributed by atoms with Crippen LogP contribution in [0.15, 0.2) is 18.2 Å². The van der Waals surface area contributed by atoms with Crippen molar-refractivity contribution in [3.8, 4) is 5.82 Å². The van der Waals surface area contributed by atoms with Gasteiger partial charge in [0.1, 0.15) is 0 Å². The highest BCUT2D eigenvalue weighted by Crippen LogP contribution is 2.12. The van der Waals surface area contributed by atoms with Gasteiger partial charge in [0.05, 0.1) is 12.3 Å². The van der Waals surface area contributed by atoms with E-state index in [9.17, 15) is 0 Å². The SMILES string of the molecule is CCOCCN(C)c1ccc(-n2nc(C)cc2C)nn1. The number of aromatic nitrogens is 4. The third-order valence-corrected chi connectivity index (χ3v) is 3.03. The lowest BCUT2D eigenvalue weighted by molar-refractivity contribution is 0.154. The van der Waals surface area contributed by atoms with Gasteiger partial charge in [-0.3, -0.25) is 0 Å². The fourth-order valence-corrected chi connectivity index (χ4v) is 1.96. The molecule has 0 fully saturated rings. The molecular weight excluding hydrogens is 254 g/mol. The normalized spacial score (nSPS) is 10.8. The number of anilines is 1. The van der Waals surface area contributed by atoms with Crippen LogP contribution in [0.4, 0.5) is 5.82 Å². The maximum atomic E-state index is 5.33. The molecule has 0 N–H and O–H groups in total. The average molecular weight is 275 g/mol. The van der Waals surface area contributed by atoms with Crippen LogP contribution >= 0.6 is 0 Å². The Kier molecular flexibility index (Phi) is 4.68. The molecule has 2 aromatic heterocycles. The first kappa shape index (κ1) is 14.5. The fourth-order valence-electron chi connectivity index (χ4n) is 1.96. The number of rotatable bonds is 6. The fraction of sp³-hybridized carbons (Fsp3) is 0.500. The third-order valence-electron chi connectivity index (χ3n) is 3.03. The molecule has 0 bridgehead atoms. The van der Waals surface area contributed by atoms with Crippen molar-refractivity contribution in [2.75, 3.05) is 31.7 Å². The van der Waals surface area contributed by atoms with Gasteiger partial charge in [0.2, 0.25) is 0 Å². The summed E-state index contributed by atoms with van der Waals surface area (Å²) >= 11 is 0. The molecule has 0 spiro atoms. The largest absolute Gasteiger partial charge is 0.380 e. The van der Waals surface area contributed by atoms with Gasteiger partial charge in [-0.15, -0.1) is 10.2 Å². The minimum atomic E-state index is 0.688. The Morgan fingerprint density at radius 1 is 1.25 bits per heavy atom. The van der Waals surface area contributed by atoms with Gasteiger partial charge in [-0.25, -0.2) is 4.68 Å². The first-order valence-corrected chi connectivity index (χ1v) is 6.78.